The van der Waals surface area contributed by atoms with Crippen molar-refractivity contribution < 1.29 is 0 Å². The molecule has 1 rings (SSSR count). The van der Waals surface area contributed by atoms with Gasteiger partial charge in [-0.1, -0.05) is 0 Å². The summed E-state index contributed by atoms with van der Waals surface area (Å²) in [6.07, 6.45) is 1.08. The van der Waals surface area contributed by atoms with E-state index in [4.69, 9.17) is 0 Å². The van der Waals surface area contributed by atoms with E-state index in [0.29, 0.717) is 0 Å². The first-order chi connectivity index (χ1) is 3.89. The van der Waals surface area contributed by atoms with E-state index < -0.39 is 0 Å². The Bertz CT molecular complexity index is 152. The van der Waals surface area contributed by atoms with Gasteiger partial charge in [0.2, 0.25) is 0 Å². The van der Waals surface area contributed by atoms with Crippen molar-refractivity contribution in [3.63, 3.8) is 0 Å². The van der Waals surface area contributed by atoms with E-state index in [1.165, 1.54) is 5.36 Å². The van der Waals surface area contributed by atoms with Crippen molar-refractivity contribution in [2.75, 3.05) is 0 Å². The van der Waals surface area contributed by atoms with E-state index in [2.05, 4.69) is 40.8 Å². The molecule has 0 fully saturated rings. The molecular formula is C3H5B5. The molecule has 0 radical (unpaired) electrons. The van der Waals surface area contributed by atoms with Crippen LogP contribution < -0.4 is 0 Å². The standard InChI is InChI=1S/C3H5B5/c1-3-4-2-5-7-8-6-3/h2H2,1H3. The average molecular weight is 95.1 g/mol. The van der Waals surface area contributed by atoms with Crippen LogP contribution in [0.2, 0.25) is 6.22 Å². The summed E-state index contributed by atoms with van der Waals surface area (Å²) < 4.78 is 0. The summed E-state index contributed by atoms with van der Waals surface area (Å²) in [6, 6.07) is 0. The first-order valence-electron chi connectivity index (χ1n) is 2.89. The van der Waals surface area contributed by atoms with Crippen molar-refractivity contribution in [2.45, 2.75) is 13.1 Å². The number of rotatable bonds is 0. The second-order valence-corrected chi connectivity index (χ2v) is 1.97. The quantitative estimate of drug-likeness (QED) is 0.331. The zero-order chi connectivity index (χ0) is 5.82. The molecule has 1 aliphatic rings. The fourth-order valence-electron chi connectivity index (χ4n) is 0.686. The molecule has 0 bridgehead atoms. The van der Waals surface area contributed by atoms with Gasteiger partial charge in [0.05, 0.1) is 0 Å². The Balaban J connectivity index is 2.69. The van der Waals surface area contributed by atoms with Gasteiger partial charge in [-0.25, -0.2) is 0 Å². The van der Waals surface area contributed by atoms with Crippen LogP contribution in [0.3, 0.4) is 0 Å². The zero-order valence-electron chi connectivity index (χ0n) is 5.09. The topological polar surface area (TPSA) is 0 Å². The summed E-state index contributed by atoms with van der Waals surface area (Å²) in [5, 5.41) is 1.36. The Hall–Kier alpha value is 0.195. The maximum atomic E-state index is 2.21. The van der Waals surface area contributed by atoms with Gasteiger partial charge in [-0.05, 0) is 0 Å². The van der Waals surface area contributed by atoms with E-state index in [9.17, 15) is 0 Å². The van der Waals surface area contributed by atoms with Gasteiger partial charge in [-0.2, -0.15) is 0 Å². The van der Waals surface area contributed by atoms with Gasteiger partial charge >= 0.3 is 52.4 Å². The van der Waals surface area contributed by atoms with Gasteiger partial charge in [0, 0.05) is 0 Å². The second kappa shape index (κ2) is 3.27. The maximum absolute atomic E-state index is 2.21. The van der Waals surface area contributed by atoms with Gasteiger partial charge in [-0.15, -0.1) is 0 Å². The van der Waals surface area contributed by atoms with Crippen LogP contribution in [0.5, 0.6) is 0 Å². The SMILES string of the molecule is CC1=BCB=BB=B1. The van der Waals surface area contributed by atoms with Crippen molar-refractivity contribution in [1.29, 1.82) is 0 Å². The van der Waals surface area contributed by atoms with Gasteiger partial charge in [0.25, 0.3) is 0 Å². The van der Waals surface area contributed by atoms with E-state index >= 15 is 0 Å². The third-order valence-corrected chi connectivity index (χ3v) is 1.18. The monoisotopic (exact) mass is 96.1 g/mol. The predicted octanol–water partition coefficient (Wildman–Crippen LogP) is -1.21. The van der Waals surface area contributed by atoms with Crippen LogP contribution in [-0.2, 0) is 0 Å². The van der Waals surface area contributed by atoms with Crippen molar-refractivity contribution in [3.8, 4) is 0 Å². The molecule has 0 nitrogen and oxygen atoms in total. The third kappa shape index (κ3) is 1.98. The molecule has 0 aromatic heterocycles. The summed E-state index contributed by atoms with van der Waals surface area (Å²) in [4.78, 5) is 0. The first kappa shape index (κ1) is 6.32. The fourth-order valence-corrected chi connectivity index (χ4v) is 0.686. The molecule has 0 unspecified atom stereocenters. The third-order valence-electron chi connectivity index (χ3n) is 1.18. The average Bonchev–Trinajstić information content (AvgIpc) is 1.94. The summed E-state index contributed by atoms with van der Waals surface area (Å²) in [5.74, 6) is 0. The number of hydrogen-bond acceptors (Lipinski definition) is 0. The molecule has 5 heteroatoms. The van der Waals surface area contributed by atoms with Crippen molar-refractivity contribution >= 4 is 39.3 Å². The molecule has 0 aromatic carbocycles. The van der Waals surface area contributed by atoms with Crippen LogP contribution in [0.1, 0.15) is 6.92 Å². The molecule has 32 valence electrons. The van der Waals surface area contributed by atoms with Crippen LogP contribution in [-0.4, -0.2) is 39.3 Å². The molecule has 0 N–H and O–H groups in total. The van der Waals surface area contributed by atoms with Gasteiger partial charge in [-0.3, -0.25) is 0 Å². The molecule has 0 atom stereocenters. The fraction of sp³-hybridized carbons (Fsp3) is 0.667. The van der Waals surface area contributed by atoms with E-state index in [1.807, 2.05) is 0 Å². The van der Waals surface area contributed by atoms with E-state index in [-0.39, 0.29) is 0 Å². The van der Waals surface area contributed by atoms with Crippen molar-refractivity contribution in [3.05, 3.63) is 0 Å². The Morgan fingerprint density at radius 3 is 3.12 bits per heavy atom. The molecule has 0 saturated carbocycles. The second-order valence-electron chi connectivity index (χ2n) is 1.97. The minimum atomic E-state index is 1.08. The van der Waals surface area contributed by atoms with E-state index in [1.54, 1.807) is 0 Å². The molecular weight excluding hydrogens is 90.1 g/mol. The predicted molar refractivity (Wildman–Crippen MR) is 44.3 cm³/mol. The van der Waals surface area contributed by atoms with Crippen LogP contribution in [0.15, 0.2) is 0 Å². The first-order valence-corrected chi connectivity index (χ1v) is 2.89. The summed E-state index contributed by atoms with van der Waals surface area (Å²) in [7, 11) is 0. The Morgan fingerprint density at radius 2 is 2.25 bits per heavy atom. The van der Waals surface area contributed by atoms with Crippen molar-refractivity contribution in [2.24, 2.45) is 0 Å². The van der Waals surface area contributed by atoms with E-state index in [0.717, 1.165) is 6.22 Å². The zero-order valence-corrected chi connectivity index (χ0v) is 5.09. The Labute approximate surface area is 53.2 Å². The summed E-state index contributed by atoms with van der Waals surface area (Å²) in [6.45, 7) is 12.7. The molecule has 1 aliphatic heterocycles. The normalized spacial score (nSPS) is 12.9. The van der Waals surface area contributed by atoms with Gasteiger partial charge in [0.1, 0.15) is 0 Å². The Morgan fingerprint density at radius 1 is 1.38 bits per heavy atom. The molecule has 0 spiro atoms. The number of hydrogen-bond donors (Lipinski definition) is 0. The van der Waals surface area contributed by atoms with Gasteiger partial charge < -0.3 is 0 Å². The summed E-state index contributed by atoms with van der Waals surface area (Å²) in [5.41, 5.74) is 0. The van der Waals surface area contributed by atoms with Crippen LogP contribution in [0.4, 0.5) is 0 Å². The molecule has 0 aliphatic carbocycles. The van der Waals surface area contributed by atoms with Crippen LogP contribution in [0.25, 0.3) is 0 Å². The minimum absolute atomic E-state index is 1.08. The van der Waals surface area contributed by atoms with Crippen LogP contribution >= 0.6 is 0 Å². The molecule has 1 heterocycles. The van der Waals surface area contributed by atoms with Crippen LogP contribution in [0, 0.1) is 0 Å². The molecule has 8 heavy (non-hydrogen) atoms. The van der Waals surface area contributed by atoms with Crippen molar-refractivity contribution in [1.82, 2.24) is 0 Å². The molecule has 0 aromatic rings. The molecule has 0 saturated heterocycles. The Kier molecular flexibility index (Phi) is 2.58. The molecule has 0 amide bonds. The van der Waals surface area contributed by atoms with Gasteiger partial charge in [0.15, 0.2) is 0 Å². The summed E-state index contributed by atoms with van der Waals surface area (Å²) >= 11 is 0.